The molecule has 0 saturated heterocycles. The van der Waals surface area contributed by atoms with Gasteiger partial charge in [0, 0.05) is 18.7 Å². The van der Waals surface area contributed by atoms with Crippen LogP contribution in [0.3, 0.4) is 0 Å². The number of carbonyl (C=O) groups excluding carboxylic acids is 1. The van der Waals surface area contributed by atoms with Crippen LogP contribution in [-0.4, -0.2) is 23.3 Å². The van der Waals surface area contributed by atoms with E-state index in [4.69, 9.17) is 28.0 Å². The molecular formula is C12H9Cl2N3O2. The first-order valence-corrected chi connectivity index (χ1v) is 5.81. The van der Waals surface area contributed by atoms with Crippen molar-refractivity contribution in [2.75, 3.05) is 7.05 Å². The summed E-state index contributed by atoms with van der Waals surface area (Å²) in [4.78, 5) is 22.6. The van der Waals surface area contributed by atoms with Gasteiger partial charge in [0.2, 0.25) is 6.08 Å². The fraction of sp³-hybridized carbons (Fsp3) is 0.0833. The molecule has 0 aliphatic carbocycles. The van der Waals surface area contributed by atoms with Crippen LogP contribution >= 0.6 is 23.2 Å². The van der Waals surface area contributed by atoms with Gasteiger partial charge in [-0.1, -0.05) is 29.3 Å². The summed E-state index contributed by atoms with van der Waals surface area (Å²) in [5, 5.41) is 7.18. The Hall–Kier alpha value is -1.94. The average Bonchev–Trinajstić information content (AvgIpc) is 2.43. The van der Waals surface area contributed by atoms with Crippen molar-refractivity contribution in [2.45, 2.75) is 0 Å². The number of H-pyrrole nitrogens is 1. The minimum atomic E-state index is -0.237. The Labute approximate surface area is 118 Å². The van der Waals surface area contributed by atoms with Crippen molar-refractivity contribution in [1.29, 1.82) is 0 Å². The predicted octanol–water partition coefficient (Wildman–Crippen LogP) is 2.70. The van der Waals surface area contributed by atoms with Gasteiger partial charge >= 0.3 is 0 Å². The third kappa shape index (κ3) is 4.67. The molecule has 98 valence electrons. The molecule has 0 amide bonds. The van der Waals surface area contributed by atoms with Gasteiger partial charge in [-0.3, -0.25) is 4.79 Å². The molecule has 5 nitrogen and oxygen atoms in total. The number of aliphatic imine (C=N–C) groups is 1. The van der Waals surface area contributed by atoms with Crippen LogP contribution < -0.4 is 5.56 Å². The summed E-state index contributed by atoms with van der Waals surface area (Å²) in [7, 11) is 1.38. The first-order chi connectivity index (χ1) is 9.08. The summed E-state index contributed by atoms with van der Waals surface area (Å²) in [6.45, 7) is 0. The summed E-state index contributed by atoms with van der Waals surface area (Å²) in [5.74, 6) is 0. The predicted molar refractivity (Wildman–Crippen MR) is 74.4 cm³/mol. The Bertz CT molecular complexity index is 644. The van der Waals surface area contributed by atoms with Crippen LogP contribution in [0.25, 0.3) is 11.3 Å². The van der Waals surface area contributed by atoms with Gasteiger partial charge in [0.1, 0.15) is 0 Å². The Morgan fingerprint density at radius 2 is 1.89 bits per heavy atom. The van der Waals surface area contributed by atoms with Gasteiger partial charge in [-0.25, -0.2) is 14.9 Å². The smallest absolute Gasteiger partial charge is 0.264 e. The maximum Gasteiger partial charge on any atom is 0.264 e. The van der Waals surface area contributed by atoms with Crippen molar-refractivity contribution in [1.82, 2.24) is 10.2 Å². The maximum atomic E-state index is 10.8. The van der Waals surface area contributed by atoms with Crippen molar-refractivity contribution in [3.8, 4) is 11.3 Å². The molecule has 0 unspecified atom stereocenters. The fourth-order valence-corrected chi connectivity index (χ4v) is 1.46. The zero-order chi connectivity index (χ0) is 14.3. The van der Waals surface area contributed by atoms with Gasteiger partial charge in [0.25, 0.3) is 5.56 Å². The number of nitrogens with one attached hydrogen (secondary N) is 1. The molecule has 1 heterocycles. The second kappa shape index (κ2) is 7.48. The Balaban J connectivity index is 0.000000399. The Morgan fingerprint density at radius 3 is 2.37 bits per heavy atom. The Morgan fingerprint density at radius 1 is 1.21 bits per heavy atom. The molecule has 19 heavy (non-hydrogen) atoms. The Kier molecular flexibility index (Phi) is 5.96. The fourth-order valence-electron chi connectivity index (χ4n) is 1.16. The molecule has 0 atom stereocenters. The minimum Gasteiger partial charge on any atom is -0.268 e. The first kappa shape index (κ1) is 15.1. The van der Waals surface area contributed by atoms with Crippen LogP contribution in [-0.2, 0) is 4.79 Å². The normalized spacial score (nSPS) is 9.00. The summed E-state index contributed by atoms with van der Waals surface area (Å²) < 4.78 is 0. The molecule has 0 fully saturated rings. The lowest BCUT2D eigenvalue weighted by molar-refractivity contribution is 0.564. The quantitative estimate of drug-likeness (QED) is 0.649. The van der Waals surface area contributed by atoms with Gasteiger partial charge in [0.15, 0.2) is 0 Å². The van der Waals surface area contributed by atoms with Crippen LogP contribution in [0.15, 0.2) is 40.1 Å². The first-order valence-electron chi connectivity index (χ1n) is 5.05. The molecule has 2 rings (SSSR count). The van der Waals surface area contributed by atoms with Crippen LogP contribution in [0.1, 0.15) is 0 Å². The van der Waals surface area contributed by atoms with Gasteiger partial charge in [-0.2, -0.15) is 5.10 Å². The van der Waals surface area contributed by atoms with E-state index < -0.39 is 0 Å². The molecule has 1 N–H and O–H groups in total. The number of benzene rings is 1. The highest BCUT2D eigenvalue weighted by atomic mass is 35.5. The lowest BCUT2D eigenvalue weighted by Gasteiger charge is -2.01. The summed E-state index contributed by atoms with van der Waals surface area (Å²) in [6.07, 6.45) is 1.31. The second-order valence-corrected chi connectivity index (χ2v) is 4.06. The van der Waals surface area contributed by atoms with Crippen LogP contribution in [0.2, 0.25) is 10.0 Å². The number of hydrogen-bond acceptors (Lipinski definition) is 4. The molecule has 0 radical (unpaired) electrons. The summed E-state index contributed by atoms with van der Waals surface area (Å²) in [6, 6.07) is 8.20. The van der Waals surface area contributed by atoms with E-state index in [1.165, 1.54) is 19.2 Å². The molecule has 0 aliphatic rings. The van der Waals surface area contributed by atoms with Crippen molar-refractivity contribution in [3.05, 3.63) is 50.7 Å². The summed E-state index contributed by atoms with van der Waals surface area (Å²) in [5.41, 5.74) is 1.22. The lowest BCUT2D eigenvalue weighted by Crippen LogP contribution is -2.05. The van der Waals surface area contributed by atoms with E-state index in [1.54, 1.807) is 24.3 Å². The van der Waals surface area contributed by atoms with Crippen LogP contribution in [0, 0.1) is 0 Å². The number of isocyanates is 1. The van der Waals surface area contributed by atoms with Gasteiger partial charge in [0.05, 0.1) is 15.7 Å². The van der Waals surface area contributed by atoms with Crippen molar-refractivity contribution < 1.29 is 4.79 Å². The minimum absolute atomic E-state index is 0.237. The van der Waals surface area contributed by atoms with E-state index in [2.05, 4.69) is 15.2 Å². The maximum absolute atomic E-state index is 10.8. The highest BCUT2D eigenvalue weighted by Gasteiger charge is 2.02. The van der Waals surface area contributed by atoms with Gasteiger partial charge < -0.3 is 0 Å². The largest absolute Gasteiger partial charge is 0.268 e. The highest BCUT2D eigenvalue weighted by Crippen LogP contribution is 2.26. The van der Waals surface area contributed by atoms with E-state index >= 15 is 0 Å². The monoisotopic (exact) mass is 297 g/mol. The number of aromatic nitrogens is 2. The molecule has 7 heteroatoms. The van der Waals surface area contributed by atoms with E-state index in [9.17, 15) is 4.79 Å². The molecule has 0 saturated carbocycles. The van der Waals surface area contributed by atoms with Crippen molar-refractivity contribution >= 4 is 29.3 Å². The average molecular weight is 298 g/mol. The SMILES string of the molecule is CN=C=O.O=c1ccc(-c2ccc(Cl)c(Cl)c2)n[nH]1. The zero-order valence-electron chi connectivity index (χ0n) is 9.85. The molecule has 0 aliphatic heterocycles. The highest BCUT2D eigenvalue weighted by molar-refractivity contribution is 6.42. The second-order valence-electron chi connectivity index (χ2n) is 3.25. The molecule has 0 bridgehead atoms. The number of aromatic amines is 1. The third-order valence-electron chi connectivity index (χ3n) is 1.99. The molecule has 1 aromatic heterocycles. The number of hydrogen-bond donors (Lipinski definition) is 1. The number of nitrogens with zero attached hydrogens (tertiary/aromatic N) is 2. The van der Waals surface area contributed by atoms with E-state index in [-0.39, 0.29) is 5.56 Å². The molecule has 1 aromatic carbocycles. The molecule has 0 spiro atoms. The number of halogens is 2. The third-order valence-corrected chi connectivity index (χ3v) is 2.72. The van der Waals surface area contributed by atoms with Crippen molar-refractivity contribution in [2.24, 2.45) is 4.99 Å². The number of rotatable bonds is 1. The van der Waals surface area contributed by atoms with Crippen molar-refractivity contribution in [3.63, 3.8) is 0 Å². The van der Waals surface area contributed by atoms with E-state index in [0.29, 0.717) is 15.7 Å². The standard InChI is InChI=1S/C10H6Cl2N2O.C2H3NO/c11-7-2-1-6(5-8(7)12)9-3-4-10(15)14-13-9;1-3-2-4/h1-5H,(H,14,15);1H3. The van der Waals surface area contributed by atoms with Crippen LogP contribution in [0.5, 0.6) is 0 Å². The van der Waals surface area contributed by atoms with Crippen LogP contribution in [0.4, 0.5) is 0 Å². The topological polar surface area (TPSA) is 75.2 Å². The van der Waals surface area contributed by atoms with E-state index in [0.717, 1.165) is 5.56 Å². The lowest BCUT2D eigenvalue weighted by atomic mass is 10.1. The van der Waals surface area contributed by atoms with Gasteiger partial charge in [-0.15, -0.1) is 0 Å². The molecule has 2 aromatic rings. The zero-order valence-corrected chi connectivity index (χ0v) is 11.4. The van der Waals surface area contributed by atoms with Gasteiger partial charge in [-0.05, 0) is 18.2 Å². The summed E-state index contributed by atoms with van der Waals surface area (Å²) >= 11 is 11.6. The molecular weight excluding hydrogens is 289 g/mol. The van der Waals surface area contributed by atoms with E-state index in [1.807, 2.05) is 0 Å².